The van der Waals surface area contributed by atoms with Crippen LogP contribution in [0.2, 0.25) is 0 Å². The van der Waals surface area contributed by atoms with Gasteiger partial charge in [-0.2, -0.15) is 0 Å². The van der Waals surface area contributed by atoms with Gasteiger partial charge in [0.1, 0.15) is 17.5 Å². The Balaban J connectivity index is 2.28. The number of carbonyl (C=O) groups is 2. The van der Waals surface area contributed by atoms with Crippen molar-refractivity contribution >= 4 is 17.7 Å². The third-order valence-corrected chi connectivity index (χ3v) is 3.49. The van der Waals surface area contributed by atoms with Crippen LogP contribution in [0.5, 0.6) is 0 Å². The highest BCUT2D eigenvalue weighted by Crippen LogP contribution is 2.21. The molecule has 0 radical (unpaired) electrons. The van der Waals surface area contributed by atoms with Crippen LogP contribution in [0.3, 0.4) is 0 Å². The predicted molar refractivity (Wildman–Crippen MR) is 85.3 cm³/mol. The van der Waals surface area contributed by atoms with Gasteiger partial charge in [0.05, 0.1) is 18.8 Å². The molecule has 1 fully saturated rings. The number of aryl methyl sites for hydroxylation is 1. The number of ether oxygens (including phenoxy) is 2. The van der Waals surface area contributed by atoms with Crippen molar-refractivity contribution in [1.29, 1.82) is 0 Å². The molecule has 23 heavy (non-hydrogen) atoms. The first-order chi connectivity index (χ1) is 10.7. The van der Waals surface area contributed by atoms with Crippen LogP contribution in [0, 0.1) is 6.92 Å². The molecular formula is C16H23N3O4. The molecular weight excluding hydrogens is 298 g/mol. The molecule has 2 rings (SSSR count). The Kier molecular flexibility index (Phi) is 4.89. The molecule has 126 valence electrons. The summed E-state index contributed by atoms with van der Waals surface area (Å²) in [6.45, 7) is 7.91. The number of hydrogen-bond acceptors (Lipinski definition) is 6. The number of nitrogens with two attached hydrogens (primary N) is 1. The van der Waals surface area contributed by atoms with Crippen LogP contribution in [0.4, 0.5) is 10.6 Å². The second-order valence-corrected chi connectivity index (χ2v) is 6.52. The minimum atomic E-state index is -0.760. The van der Waals surface area contributed by atoms with Crippen molar-refractivity contribution in [2.45, 2.75) is 39.3 Å². The van der Waals surface area contributed by atoms with E-state index >= 15 is 0 Å². The summed E-state index contributed by atoms with van der Waals surface area (Å²) in [6.07, 6.45) is 1.02. The highest BCUT2D eigenvalue weighted by atomic mass is 16.6. The van der Waals surface area contributed by atoms with E-state index in [1.807, 2.05) is 0 Å². The summed E-state index contributed by atoms with van der Waals surface area (Å²) in [5, 5.41) is 0. The Morgan fingerprint density at radius 2 is 2.13 bits per heavy atom. The number of aromatic nitrogens is 1. The van der Waals surface area contributed by atoms with Gasteiger partial charge in [0, 0.05) is 12.7 Å². The zero-order chi connectivity index (χ0) is 17.2. The van der Waals surface area contributed by atoms with E-state index in [4.69, 9.17) is 15.2 Å². The fourth-order valence-electron chi connectivity index (χ4n) is 2.43. The van der Waals surface area contributed by atoms with Gasteiger partial charge in [-0.05, 0) is 39.3 Å². The number of ketones is 1. The van der Waals surface area contributed by atoms with Crippen molar-refractivity contribution in [3.05, 3.63) is 23.4 Å². The number of pyridine rings is 1. The fourth-order valence-corrected chi connectivity index (χ4v) is 2.43. The Morgan fingerprint density at radius 1 is 1.43 bits per heavy atom. The molecule has 7 nitrogen and oxygen atoms in total. The van der Waals surface area contributed by atoms with Gasteiger partial charge in [0.2, 0.25) is 0 Å². The van der Waals surface area contributed by atoms with E-state index in [9.17, 15) is 9.59 Å². The molecule has 2 heterocycles. The molecule has 1 saturated heterocycles. The first-order valence-electron chi connectivity index (χ1n) is 7.53. The lowest BCUT2D eigenvalue weighted by Crippen LogP contribution is -2.54. The Labute approximate surface area is 135 Å². The van der Waals surface area contributed by atoms with Gasteiger partial charge in [-0.25, -0.2) is 9.78 Å². The van der Waals surface area contributed by atoms with Crippen molar-refractivity contribution < 1.29 is 19.1 Å². The number of anilines is 1. The number of amides is 1. The van der Waals surface area contributed by atoms with Crippen molar-refractivity contribution in [1.82, 2.24) is 9.88 Å². The second kappa shape index (κ2) is 6.54. The lowest BCUT2D eigenvalue weighted by Gasteiger charge is -2.35. The topological polar surface area (TPSA) is 94.7 Å². The summed E-state index contributed by atoms with van der Waals surface area (Å²) >= 11 is 0. The van der Waals surface area contributed by atoms with Gasteiger partial charge >= 0.3 is 6.09 Å². The molecule has 1 aromatic rings. The predicted octanol–water partition coefficient (Wildman–Crippen LogP) is 1.79. The Hall–Kier alpha value is -2.15. The quantitative estimate of drug-likeness (QED) is 0.835. The normalized spacial score (nSPS) is 18.6. The number of morpholine rings is 1. The van der Waals surface area contributed by atoms with Crippen LogP contribution in [-0.4, -0.2) is 53.2 Å². The third-order valence-electron chi connectivity index (χ3n) is 3.49. The molecule has 1 amide bonds. The van der Waals surface area contributed by atoms with Crippen LogP contribution in [0.15, 0.2) is 12.3 Å². The molecule has 0 aromatic carbocycles. The molecule has 7 heteroatoms. The first-order valence-corrected chi connectivity index (χ1v) is 7.53. The largest absolute Gasteiger partial charge is 0.444 e. The van der Waals surface area contributed by atoms with E-state index in [2.05, 4.69) is 4.98 Å². The molecule has 2 N–H and O–H groups in total. The number of Topliss-reactive ketones (excluding diaryl/α,β-unsaturated/α-hetero) is 1. The van der Waals surface area contributed by atoms with Gasteiger partial charge in [0.25, 0.3) is 0 Å². The van der Waals surface area contributed by atoms with Gasteiger partial charge in [-0.3, -0.25) is 9.69 Å². The number of rotatable bonds is 2. The maximum Gasteiger partial charge on any atom is 0.411 e. The van der Waals surface area contributed by atoms with E-state index in [0.717, 1.165) is 5.56 Å². The van der Waals surface area contributed by atoms with E-state index in [1.165, 1.54) is 4.90 Å². The van der Waals surface area contributed by atoms with Crippen molar-refractivity contribution in [2.75, 3.05) is 25.5 Å². The van der Waals surface area contributed by atoms with E-state index < -0.39 is 17.7 Å². The smallest absolute Gasteiger partial charge is 0.411 e. The minimum absolute atomic E-state index is 0.117. The van der Waals surface area contributed by atoms with Crippen LogP contribution >= 0.6 is 0 Å². The van der Waals surface area contributed by atoms with Crippen LogP contribution < -0.4 is 5.73 Å². The summed E-state index contributed by atoms with van der Waals surface area (Å²) in [6, 6.07) is 0.953. The maximum absolute atomic E-state index is 12.9. The lowest BCUT2D eigenvalue weighted by atomic mass is 9.99. The lowest BCUT2D eigenvalue weighted by molar-refractivity contribution is -0.0265. The average molecular weight is 321 g/mol. The molecule has 0 aliphatic carbocycles. The summed E-state index contributed by atoms with van der Waals surface area (Å²) in [5.74, 6) is -0.122. The number of carbonyl (C=O) groups excluding carboxylic acids is 2. The third kappa shape index (κ3) is 3.98. The van der Waals surface area contributed by atoms with Crippen LogP contribution in [0.1, 0.15) is 36.7 Å². The fraction of sp³-hybridized carbons (Fsp3) is 0.562. The molecule has 1 aliphatic rings. The zero-order valence-electron chi connectivity index (χ0n) is 14.0. The molecule has 1 aromatic heterocycles. The Bertz CT molecular complexity index is 590. The van der Waals surface area contributed by atoms with Gasteiger partial charge in [0.15, 0.2) is 5.78 Å². The van der Waals surface area contributed by atoms with E-state index in [-0.39, 0.29) is 18.2 Å². The monoisotopic (exact) mass is 321 g/mol. The molecule has 1 atom stereocenters. The summed E-state index contributed by atoms with van der Waals surface area (Å²) in [7, 11) is 0. The highest BCUT2D eigenvalue weighted by molar-refractivity contribution is 6.06. The van der Waals surface area contributed by atoms with Gasteiger partial charge in [-0.15, -0.1) is 0 Å². The standard InChI is InChI=1S/C16H23N3O4/c1-10-5-6-18-14(17)12(10)13(20)11-9-22-8-7-19(11)15(21)23-16(2,3)4/h5-6,11H,7-9H2,1-4H3,(H2,17,18). The number of nitrogen functional groups attached to an aromatic ring is 1. The van der Waals surface area contributed by atoms with Crippen molar-refractivity contribution in [3.8, 4) is 0 Å². The first kappa shape index (κ1) is 17.2. The molecule has 0 bridgehead atoms. The van der Waals surface area contributed by atoms with Gasteiger partial charge in [-0.1, -0.05) is 0 Å². The minimum Gasteiger partial charge on any atom is -0.444 e. The molecule has 1 unspecified atom stereocenters. The number of hydrogen-bond donors (Lipinski definition) is 1. The highest BCUT2D eigenvalue weighted by Gasteiger charge is 2.37. The zero-order valence-corrected chi connectivity index (χ0v) is 14.0. The SMILES string of the molecule is Cc1ccnc(N)c1C(=O)C1COCCN1C(=O)OC(C)(C)C. The molecule has 1 aliphatic heterocycles. The average Bonchev–Trinajstić information content (AvgIpc) is 2.45. The maximum atomic E-state index is 12.9. The van der Waals surface area contributed by atoms with Gasteiger partial charge < -0.3 is 15.2 Å². The second-order valence-electron chi connectivity index (χ2n) is 6.52. The Morgan fingerprint density at radius 3 is 2.74 bits per heavy atom. The molecule has 0 saturated carbocycles. The summed E-state index contributed by atoms with van der Waals surface area (Å²) < 4.78 is 10.8. The summed E-state index contributed by atoms with van der Waals surface area (Å²) in [5.41, 5.74) is 6.26. The van der Waals surface area contributed by atoms with Crippen LogP contribution in [0.25, 0.3) is 0 Å². The number of nitrogens with zero attached hydrogens (tertiary/aromatic N) is 2. The van der Waals surface area contributed by atoms with E-state index in [0.29, 0.717) is 18.7 Å². The van der Waals surface area contributed by atoms with Crippen molar-refractivity contribution in [2.24, 2.45) is 0 Å². The summed E-state index contributed by atoms with van der Waals surface area (Å²) in [4.78, 5) is 30.6. The van der Waals surface area contributed by atoms with E-state index in [1.54, 1.807) is 40.0 Å². The van der Waals surface area contributed by atoms with Crippen molar-refractivity contribution in [3.63, 3.8) is 0 Å². The van der Waals surface area contributed by atoms with Crippen LogP contribution in [-0.2, 0) is 9.47 Å². The molecule has 0 spiro atoms.